The highest BCUT2D eigenvalue weighted by Gasteiger charge is 2.33. The van der Waals surface area contributed by atoms with Crippen LogP contribution in [0.2, 0.25) is 0 Å². The van der Waals surface area contributed by atoms with Crippen LogP contribution in [-0.4, -0.2) is 25.2 Å². The van der Waals surface area contributed by atoms with E-state index >= 15 is 0 Å². The van der Waals surface area contributed by atoms with Crippen LogP contribution in [0.15, 0.2) is 54.6 Å². The highest BCUT2D eigenvalue weighted by atomic mass is 16.5. The van der Waals surface area contributed by atoms with Crippen molar-refractivity contribution in [3.63, 3.8) is 0 Å². The van der Waals surface area contributed by atoms with Gasteiger partial charge in [0.05, 0.1) is 18.9 Å². The standard InChI is InChI=1S/C22H27NO3/c1-2-3-9-15-23-19-12-7-8-13-20(19)26-21(22(23)24)14-16-25-17-18-10-5-4-6-11-18/h4-8,10-13,21H,2-3,9,14-17H2,1H3. The van der Waals surface area contributed by atoms with Crippen LogP contribution in [0.5, 0.6) is 5.75 Å². The molecule has 2 aromatic carbocycles. The lowest BCUT2D eigenvalue weighted by Crippen LogP contribution is -2.46. The molecule has 0 aromatic heterocycles. The molecular weight excluding hydrogens is 326 g/mol. The molecule has 0 saturated heterocycles. The second-order valence-electron chi connectivity index (χ2n) is 6.60. The van der Waals surface area contributed by atoms with Crippen LogP contribution < -0.4 is 9.64 Å². The molecule has 0 radical (unpaired) electrons. The van der Waals surface area contributed by atoms with E-state index in [1.165, 1.54) is 0 Å². The number of ether oxygens (including phenoxy) is 2. The van der Waals surface area contributed by atoms with Gasteiger partial charge in [0.15, 0.2) is 6.10 Å². The molecule has 26 heavy (non-hydrogen) atoms. The van der Waals surface area contributed by atoms with E-state index in [4.69, 9.17) is 9.47 Å². The van der Waals surface area contributed by atoms with Gasteiger partial charge in [-0.25, -0.2) is 0 Å². The molecule has 0 spiro atoms. The number of anilines is 1. The van der Waals surface area contributed by atoms with Gasteiger partial charge in [-0.3, -0.25) is 4.79 Å². The number of benzene rings is 2. The lowest BCUT2D eigenvalue weighted by atomic mass is 10.1. The summed E-state index contributed by atoms with van der Waals surface area (Å²) in [6.07, 6.45) is 3.36. The summed E-state index contributed by atoms with van der Waals surface area (Å²) in [7, 11) is 0. The Bertz CT molecular complexity index is 702. The van der Waals surface area contributed by atoms with Crippen molar-refractivity contribution in [2.75, 3.05) is 18.1 Å². The molecule has 4 heteroatoms. The average molecular weight is 353 g/mol. The van der Waals surface area contributed by atoms with Gasteiger partial charge in [-0.1, -0.05) is 62.2 Å². The summed E-state index contributed by atoms with van der Waals surface area (Å²) < 4.78 is 11.7. The van der Waals surface area contributed by atoms with Gasteiger partial charge in [0.25, 0.3) is 5.91 Å². The van der Waals surface area contributed by atoms with E-state index in [9.17, 15) is 4.79 Å². The molecule has 138 valence electrons. The SMILES string of the molecule is CCCCCN1C(=O)C(CCOCc2ccccc2)Oc2ccccc21. The molecule has 3 rings (SSSR count). The number of para-hydroxylation sites is 2. The van der Waals surface area contributed by atoms with Crippen LogP contribution in [0, 0.1) is 0 Å². The number of unbranched alkanes of at least 4 members (excludes halogenated alkanes) is 2. The van der Waals surface area contributed by atoms with Gasteiger partial charge in [0.2, 0.25) is 0 Å². The summed E-state index contributed by atoms with van der Waals surface area (Å²) in [5.41, 5.74) is 2.02. The molecule has 1 unspecified atom stereocenters. The van der Waals surface area contributed by atoms with Crippen molar-refractivity contribution in [3.05, 3.63) is 60.2 Å². The van der Waals surface area contributed by atoms with Crippen LogP contribution >= 0.6 is 0 Å². The minimum atomic E-state index is -0.470. The monoisotopic (exact) mass is 353 g/mol. The third-order valence-corrected chi connectivity index (χ3v) is 4.59. The molecule has 0 saturated carbocycles. The van der Waals surface area contributed by atoms with Crippen molar-refractivity contribution in [3.8, 4) is 5.75 Å². The quantitative estimate of drug-likeness (QED) is 0.620. The largest absolute Gasteiger partial charge is 0.478 e. The maximum Gasteiger partial charge on any atom is 0.268 e. The highest BCUT2D eigenvalue weighted by molar-refractivity contribution is 5.99. The Labute approximate surface area is 155 Å². The van der Waals surface area contributed by atoms with Crippen molar-refractivity contribution < 1.29 is 14.3 Å². The van der Waals surface area contributed by atoms with Crippen molar-refractivity contribution in [1.82, 2.24) is 0 Å². The first-order valence-corrected chi connectivity index (χ1v) is 9.48. The van der Waals surface area contributed by atoms with E-state index in [1.54, 1.807) is 0 Å². The van der Waals surface area contributed by atoms with Gasteiger partial charge >= 0.3 is 0 Å². The van der Waals surface area contributed by atoms with Crippen LogP contribution in [0.1, 0.15) is 38.2 Å². The Morgan fingerprint density at radius 1 is 1.04 bits per heavy atom. The van der Waals surface area contributed by atoms with Crippen LogP contribution in [0.25, 0.3) is 0 Å². The molecule has 1 aliphatic rings. The zero-order valence-electron chi connectivity index (χ0n) is 15.4. The van der Waals surface area contributed by atoms with Gasteiger partial charge < -0.3 is 14.4 Å². The van der Waals surface area contributed by atoms with Gasteiger partial charge in [-0.15, -0.1) is 0 Å². The maximum atomic E-state index is 12.9. The maximum absolute atomic E-state index is 12.9. The van der Waals surface area contributed by atoms with Crippen LogP contribution in [0.3, 0.4) is 0 Å². The predicted molar refractivity (Wildman–Crippen MR) is 103 cm³/mol. The van der Waals surface area contributed by atoms with Gasteiger partial charge in [0, 0.05) is 13.0 Å². The third kappa shape index (κ3) is 4.64. The van der Waals surface area contributed by atoms with E-state index in [0.717, 1.165) is 42.8 Å². The fourth-order valence-corrected chi connectivity index (χ4v) is 3.16. The second kappa shape index (κ2) is 9.39. The smallest absolute Gasteiger partial charge is 0.268 e. The minimum Gasteiger partial charge on any atom is -0.478 e. The van der Waals surface area contributed by atoms with Gasteiger partial charge in [0.1, 0.15) is 5.75 Å². The van der Waals surface area contributed by atoms with Crippen LogP contribution in [-0.2, 0) is 16.1 Å². The number of hydrogen-bond donors (Lipinski definition) is 0. The Morgan fingerprint density at radius 2 is 1.81 bits per heavy atom. The van der Waals surface area contributed by atoms with E-state index in [-0.39, 0.29) is 5.91 Å². The molecule has 1 atom stereocenters. The van der Waals surface area contributed by atoms with Gasteiger partial charge in [-0.2, -0.15) is 0 Å². The normalized spacial score (nSPS) is 16.3. The highest BCUT2D eigenvalue weighted by Crippen LogP contribution is 2.34. The zero-order chi connectivity index (χ0) is 18.2. The number of amides is 1. The first kappa shape index (κ1) is 18.5. The summed E-state index contributed by atoms with van der Waals surface area (Å²) in [4.78, 5) is 14.8. The number of carbonyl (C=O) groups is 1. The van der Waals surface area contributed by atoms with E-state index in [1.807, 2.05) is 59.5 Å². The fourth-order valence-electron chi connectivity index (χ4n) is 3.16. The van der Waals surface area contributed by atoms with Crippen molar-refractivity contribution in [2.24, 2.45) is 0 Å². The number of carbonyl (C=O) groups excluding carboxylic acids is 1. The fraction of sp³-hybridized carbons (Fsp3) is 0.409. The lowest BCUT2D eigenvalue weighted by molar-refractivity contribution is -0.127. The molecule has 4 nitrogen and oxygen atoms in total. The molecule has 0 N–H and O–H groups in total. The minimum absolute atomic E-state index is 0.0446. The Kier molecular flexibility index (Phi) is 6.67. The molecule has 1 heterocycles. The number of nitrogens with zero attached hydrogens (tertiary/aromatic N) is 1. The average Bonchev–Trinajstić information content (AvgIpc) is 2.68. The summed E-state index contributed by atoms with van der Waals surface area (Å²) in [6.45, 7) is 3.96. The topological polar surface area (TPSA) is 38.8 Å². The third-order valence-electron chi connectivity index (χ3n) is 4.59. The molecule has 0 bridgehead atoms. The summed E-state index contributed by atoms with van der Waals surface area (Å²) in [5, 5.41) is 0. The number of hydrogen-bond acceptors (Lipinski definition) is 3. The number of fused-ring (bicyclic) bond motifs is 1. The van der Waals surface area contributed by atoms with Gasteiger partial charge in [-0.05, 0) is 24.1 Å². The van der Waals surface area contributed by atoms with E-state index in [0.29, 0.717) is 19.6 Å². The molecule has 0 aliphatic carbocycles. The first-order chi connectivity index (χ1) is 12.8. The summed E-state index contributed by atoms with van der Waals surface area (Å²) >= 11 is 0. The van der Waals surface area contributed by atoms with Crippen molar-refractivity contribution in [2.45, 2.75) is 45.3 Å². The number of rotatable bonds is 9. The molecule has 1 aliphatic heterocycles. The van der Waals surface area contributed by atoms with E-state index < -0.39 is 6.10 Å². The Balaban J connectivity index is 1.58. The van der Waals surface area contributed by atoms with Crippen LogP contribution in [0.4, 0.5) is 5.69 Å². The predicted octanol–water partition coefficient (Wildman–Crippen LogP) is 4.58. The van der Waals surface area contributed by atoms with E-state index in [2.05, 4.69) is 6.92 Å². The summed E-state index contributed by atoms with van der Waals surface area (Å²) in [6, 6.07) is 17.8. The first-order valence-electron chi connectivity index (χ1n) is 9.48. The summed E-state index contributed by atoms with van der Waals surface area (Å²) in [5.74, 6) is 0.833. The lowest BCUT2D eigenvalue weighted by Gasteiger charge is -2.34. The molecule has 1 amide bonds. The molecular formula is C22H27NO3. The van der Waals surface area contributed by atoms with Crippen molar-refractivity contribution >= 4 is 11.6 Å². The molecule has 2 aromatic rings. The Hall–Kier alpha value is -2.33. The Morgan fingerprint density at radius 3 is 2.62 bits per heavy atom. The van der Waals surface area contributed by atoms with Crippen molar-refractivity contribution in [1.29, 1.82) is 0 Å². The zero-order valence-corrected chi connectivity index (χ0v) is 15.4. The molecule has 0 fully saturated rings. The second-order valence-corrected chi connectivity index (χ2v) is 6.60.